The van der Waals surface area contributed by atoms with Crippen LogP contribution in [0.3, 0.4) is 0 Å². The molecule has 0 atom stereocenters. The van der Waals surface area contributed by atoms with E-state index in [-0.39, 0.29) is 10.9 Å². The molecular formula is C18H14ClFN4O. The largest absolute Gasteiger partial charge is 0.366 e. The molecule has 3 rings (SSSR count). The molecule has 0 unspecified atom stereocenters. The number of hydrogen-bond donors (Lipinski definition) is 2. The summed E-state index contributed by atoms with van der Waals surface area (Å²) in [7, 11) is 0. The van der Waals surface area contributed by atoms with E-state index in [4.69, 9.17) is 11.6 Å². The monoisotopic (exact) mass is 356 g/mol. The number of halogens is 2. The normalized spacial score (nSPS) is 10.3. The molecule has 3 aromatic rings. The number of amides is 1. The highest BCUT2D eigenvalue weighted by atomic mass is 35.5. The second-order valence-electron chi connectivity index (χ2n) is 5.23. The molecule has 0 aliphatic heterocycles. The molecule has 0 spiro atoms. The number of anilines is 2. The van der Waals surface area contributed by atoms with Gasteiger partial charge in [0, 0.05) is 30.8 Å². The van der Waals surface area contributed by atoms with Crippen molar-refractivity contribution in [2.75, 3.05) is 10.6 Å². The summed E-state index contributed by atoms with van der Waals surface area (Å²) in [6.07, 6.45) is 4.94. The van der Waals surface area contributed by atoms with Crippen LogP contribution >= 0.6 is 11.6 Å². The van der Waals surface area contributed by atoms with E-state index in [0.717, 1.165) is 5.56 Å². The summed E-state index contributed by atoms with van der Waals surface area (Å²) in [4.78, 5) is 20.4. The van der Waals surface area contributed by atoms with E-state index in [0.29, 0.717) is 23.6 Å². The average molecular weight is 357 g/mol. The molecule has 7 heteroatoms. The van der Waals surface area contributed by atoms with Crippen LogP contribution in [-0.4, -0.2) is 15.9 Å². The molecule has 5 nitrogen and oxygen atoms in total. The Labute approximate surface area is 148 Å². The lowest BCUT2D eigenvalue weighted by Crippen LogP contribution is -2.12. The van der Waals surface area contributed by atoms with Gasteiger partial charge in [0.25, 0.3) is 5.91 Å². The van der Waals surface area contributed by atoms with Crippen molar-refractivity contribution >= 4 is 29.0 Å². The fourth-order valence-corrected chi connectivity index (χ4v) is 2.29. The minimum absolute atomic E-state index is 0.0501. The molecular weight excluding hydrogens is 343 g/mol. The number of aromatic nitrogens is 2. The number of carbonyl (C=O) groups excluding carboxylic acids is 1. The van der Waals surface area contributed by atoms with Crippen molar-refractivity contribution in [1.82, 2.24) is 9.97 Å². The minimum Gasteiger partial charge on any atom is -0.366 e. The van der Waals surface area contributed by atoms with Gasteiger partial charge < -0.3 is 10.6 Å². The smallest absolute Gasteiger partial charge is 0.257 e. The lowest BCUT2D eigenvalue weighted by molar-refractivity contribution is 0.102. The van der Waals surface area contributed by atoms with Gasteiger partial charge in [0.05, 0.1) is 10.6 Å². The lowest BCUT2D eigenvalue weighted by atomic mass is 10.2. The number of nitrogens with one attached hydrogen (secondary N) is 2. The first kappa shape index (κ1) is 16.9. The van der Waals surface area contributed by atoms with Gasteiger partial charge in [-0.1, -0.05) is 17.7 Å². The molecule has 2 aromatic heterocycles. The molecule has 1 amide bonds. The third-order valence-electron chi connectivity index (χ3n) is 3.40. The van der Waals surface area contributed by atoms with Crippen molar-refractivity contribution in [1.29, 1.82) is 0 Å². The first-order valence-corrected chi connectivity index (χ1v) is 7.85. The molecule has 0 aliphatic carbocycles. The average Bonchev–Trinajstić information content (AvgIpc) is 2.64. The van der Waals surface area contributed by atoms with Gasteiger partial charge in [0.1, 0.15) is 11.6 Å². The number of nitrogens with zero attached hydrogens (tertiary/aromatic N) is 2. The van der Waals surface area contributed by atoms with E-state index in [1.807, 2.05) is 12.1 Å². The standard InChI is InChI=1S/C18H14ClFN4O/c19-15-8-14(4-5-16(15)20)24-18(25)13-3-6-17(23-11-13)22-10-12-2-1-7-21-9-12/h1-9,11H,10H2,(H,22,23)(H,24,25). The summed E-state index contributed by atoms with van der Waals surface area (Å²) >= 11 is 5.70. The van der Waals surface area contributed by atoms with Gasteiger partial charge in [0.2, 0.25) is 0 Å². The molecule has 126 valence electrons. The number of carbonyl (C=O) groups is 1. The van der Waals surface area contributed by atoms with E-state index in [9.17, 15) is 9.18 Å². The summed E-state index contributed by atoms with van der Waals surface area (Å²) in [6, 6.07) is 11.2. The van der Waals surface area contributed by atoms with Crippen LogP contribution in [0.15, 0.2) is 61.1 Å². The minimum atomic E-state index is -0.537. The van der Waals surface area contributed by atoms with E-state index in [1.54, 1.807) is 24.5 Å². The van der Waals surface area contributed by atoms with Crippen LogP contribution < -0.4 is 10.6 Å². The first-order chi connectivity index (χ1) is 12.1. The zero-order valence-corrected chi connectivity index (χ0v) is 13.8. The van der Waals surface area contributed by atoms with Crippen molar-refractivity contribution in [3.05, 3.63) is 83.0 Å². The maximum absolute atomic E-state index is 13.1. The van der Waals surface area contributed by atoms with E-state index in [1.165, 1.54) is 24.4 Å². The molecule has 0 radical (unpaired) electrons. The van der Waals surface area contributed by atoms with Gasteiger partial charge in [0.15, 0.2) is 0 Å². The third kappa shape index (κ3) is 4.51. The summed E-state index contributed by atoms with van der Waals surface area (Å²) in [5.74, 6) is -0.246. The van der Waals surface area contributed by atoms with E-state index >= 15 is 0 Å². The van der Waals surface area contributed by atoms with Gasteiger partial charge >= 0.3 is 0 Å². The quantitative estimate of drug-likeness (QED) is 0.721. The Kier molecular flexibility index (Phi) is 5.20. The topological polar surface area (TPSA) is 66.9 Å². The summed E-state index contributed by atoms with van der Waals surface area (Å²) in [6.45, 7) is 0.584. The van der Waals surface area contributed by atoms with Crippen molar-refractivity contribution in [3.8, 4) is 0 Å². The molecule has 2 N–H and O–H groups in total. The second-order valence-corrected chi connectivity index (χ2v) is 5.64. The number of pyridine rings is 2. The van der Waals surface area contributed by atoms with Gasteiger partial charge in [-0.05, 0) is 42.0 Å². The maximum Gasteiger partial charge on any atom is 0.257 e. The van der Waals surface area contributed by atoms with Crippen molar-refractivity contribution in [3.63, 3.8) is 0 Å². The zero-order valence-electron chi connectivity index (χ0n) is 13.0. The van der Waals surface area contributed by atoms with Gasteiger partial charge in [-0.25, -0.2) is 9.37 Å². The second kappa shape index (κ2) is 7.72. The molecule has 25 heavy (non-hydrogen) atoms. The molecule has 1 aromatic carbocycles. The highest BCUT2D eigenvalue weighted by molar-refractivity contribution is 6.31. The summed E-state index contributed by atoms with van der Waals surface area (Å²) in [5, 5.41) is 5.74. The molecule has 0 saturated carbocycles. The summed E-state index contributed by atoms with van der Waals surface area (Å²) in [5.41, 5.74) is 1.82. The highest BCUT2D eigenvalue weighted by Crippen LogP contribution is 2.20. The zero-order chi connectivity index (χ0) is 17.6. The maximum atomic E-state index is 13.1. The SMILES string of the molecule is O=C(Nc1ccc(F)c(Cl)c1)c1ccc(NCc2cccnc2)nc1. The Balaban J connectivity index is 1.61. The molecule has 2 heterocycles. The Morgan fingerprint density at radius 1 is 1.16 bits per heavy atom. The van der Waals surface area contributed by atoms with Gasteiger partial charge in [-0.2, -0.15) is 0 Å². The predicted octanol–water partition coefficient (Wildman–Crippen LogP) is 4.13. The summed E-state index contributed by atoms with van der Waals surface area (Å²) < 4.78 is 13.1. The van der Waals surface area contributed by atoms with Crippen molar-refractivity contribution in [2.24, 2.45) is 0 Å². The van der Waals surface area contributed by atoms with Crippen molar-refractivity contribution < 1.29 is 9.18 Å². The van der Waals surface area contributed by atoms with Crippen LogP contribution in [0.2, 0.25) is 5.02 Å². The number of benzene rings is 1. The van der Waals surface area contributed by atoms with E-state index < -0.39 is 5.82 Å². The van der Waals surface area contributed by atoms with Crippen LogP contribution in [0.25, 0.3) is 0 Å². The fraction of sp³-hybridized carbons (Fsp3) is 0.0556. The first-order valence-electron chi connectivity index (χ1n) is 7.47. The predicted molar refractivity (Wildman–Crippen MR) is 95.2 cm³/mol. The van der Waals surface area contributed by atoms with E-state index in [2.05, 4.69) is 20.6 Å². The fourth-order valence-electron chi connectivity index (χ4n) is 2.11. The Morgan fingerprint density at radius 2 is 2.04 bits per heavy atom. The van der Waals surface area contributed by atoms with Crippen LogP contribution in [0.5, 0.6) is 0 Å². The van der Waals surface area contributed by atoms with Crippen molar-refractivity contribution in [2.45, 2.75) is 6.54 Å². The third-order valence-corrected chi connectivity index (χ3v) is 3.69. The van der Waals surface area contributed by atoms with Crippen LogP contribution in [0.1, 0.15) is 15.9 Å². The molecule has 0 saturated heterocycles. The number of hydrogen-bond acceptors (Lipinski definition) is 4. The molecule has 0 fully saturated rings. The van der Waals surface area contributed by atoms with Gasteiger partial charge in [-0.15, -0.1) is 0 Å². The Bertz CT molecular complexity index is 872. The Hall–Kier alpha value is -2.99. The molecule has 0 aliphatic rings. The number of rotatable bonds is 5. The van der Waals surface area contributed by atoms with Gasteiger partial charge in [-0.3, -0.25) is 9.78 Å². The molecule has 0 bridgehead atoms. The van der Waals surface area contributed by atoms with Crippen LogP contribution in [0.4, 0.5) is 15.9 Å². The van der Waals surface area contributed by atoms with Crippen LogP contribution in [-0.2, 0) is 6.54 Å². The highest BCUT2D eigenvalue weighted by Gasteiger charge is 2.08. The lowest BCUT2D eigenvalue weighted by Gasteiger charge is -2.08. The Morgan fingerprint density at radius 3 is 2.72 bits per heavy atom. The van der Waals surface area contributed by atoms with Crippen LogP contribution in [0, 0.1) is 5.82 Å².